The lowest BCUT2D eigenvalue weighted by Gasteiger charge is -2.01. The molecule has 0 aliphatic carbocycles. The highest BCUT2D eigenvalue weighted by atomic mass is 19.1. The molecule has 1 aromatic carbocycles. The molecule has 2 heteroatoms. The zero-order chi connectivity index (χ0) is 8.81. The van der Waals surface area contributed by atoms with Crippen LogP contribution >= 0.6 is 0 Å². The smallest absolute Gasteiger partial charge is 0.123 e. The summed E-state index contributed by atoms with van der Waals surface area (Å²) in [7, 11) is 0. The van der Waals surface area contributed by atoms with Crippen molar-refractivity contribution in [2.24, 2.45) is 0 Å². The monoisotopic (exact) mass is 167 g/mol. The van der Waals surface area contributed by atoms with Gasteiger partial charge in [0.25, 0.3) is 0 Å². The third-order valence-electron chi connectivity index (χ3n) is 1.75. The van der Waals surface area contributed by atoms with Crippen LogP contribution < -0.4 is 5.32 Å². The summed E-state index contributed by atoms with van der Waals surface area (Å²) >= 11 is 0. The van der Waals surface area contributed by atoms with Crippen molar-refractivity contribution in [3.05, 3.63) is 35.6 Å². The molecule has 0 spiro atoms. The first-order chi connectivity index (χ1) is 5.83. The first kappa shape index (κ1) is 9.20. The van der Waals surface area contributed by atoms with Crippen LogP contribution in [0.15, 0.2) is 24.3 Å². The Hall–Kier alpha value is -0.890. The van der Waals surface area contributed by atoms with Gasteiger partial charge in [-0.2, -0.15) is 0 Å². The topological polar surface area (TPSA) is 12.0 Å². The fourth-order valence-electron chi connectivity index (χ4n) is 1.06. The minimum atomic E-state index is -0.165. The van der Waals surface area contributed by atoms with Crippen molar-refractivity contribution in [1.82, 2.24) is 5.32 Å². The Bertz CT molecular complexity index is 218. The van der Waals surface area contributed by atoms with Gasteiger partial charge < -0.3 is 5.32 Å². The number of likely N-dealkylation sites (N-methyl/N-ethyl adjacent to an activating group) is 1. The second kappa shape index (κ2) is 4.88. The van der Waals surface area contributed by atoms with Gasteiger partial charge in [-0.15, -0.1) is 0 Å². The van der Waals surface area contributed by atoms with Crippen LogP contribution in [-0.2, 0) is 6.42 Å². The molecule has 0 atom stereocenters. The molecule has 0 radical (unpaired) electrons. The van der Waals surface area contributed by atoms with E-state index in [4.69, 9.17) is 0 Å². The van der Waals surface area contributed by atoms with E-state index in [1.165, 1.54) is 17.7 Å². The molecular weight excluding hydrogens is 153 g/mol. The fourth-order valence-corrected chi connectivity index (χ4v) is 1.06. The molecular formula is C10H14FN. The summed E-state index contributed by atoms with van der Waals surface area (Å²) in [6.07, 6.45) is 0.966. The highest BCUT2D eigenvalue weighted by Gasteiger charge is 1.92. The van der Waals surface area contributed by atoms with Crippen molar-refractivity contribution in [2.75, 3.05) is 13.1 Å². The van der Waals surface area contributed by atoms with Gasteiger partial charge in [-0.05, 0) is 37.2 Å². The van der Waals surface area contributed by atoms with Gasteiger partial charge in [0.15, 0.2) is 0 Å². The van der Waals surface area contributed by atoms with E-state index in [1.807, 2.05) is 12.1 Å². The first-order valence-corrected chi connectivity index (χ1v) is 4.28. The molecule has 1 N–H and O–H groups in total. The molecule has 0 saturated heterocycles. The number of nitrogens with one attached hydrogen (secondary N) is 1. The van der Waals surface area contributed by atoms with Crippen LogP contribution in [0.5, 0.6) is 0 Å². The van der Waals surface area contributed by atoms with Crippen LogP contribution in [0.2, 0.25) is 0 Å². The summed E-state index contributed by atoms with van der Waals surface area (Å²) in [6.45, 7) is 4.02. The highest BCUT2D eigenvalue weighted by Crippen LogP contribution is 2.02. The predicted octanol–water partition coefficient (Wildman–Crippen LogP) is 1.98. The molecule has 1 nitrogen and oxygen atoms in total. The molecule has 66 valence electrons. The summed E-state index contributed by atoms with van der Waals surface area (Å²) in [4.78, 5) is 0. The van der Waals surface area contributed by atoms with Crippen LogP contribution in [0, 0.1) is 5.82 Å². The Labute approximate surface area is 72.6 Å². The highest BCUT2D eigenvalue weighted by molar-refractivity contribution is 5.16. The van der Waals surface area contributed by atoms with E-state index in [2.05, 4.69) is 12.2 Å². The normalized spacial score (nSPS) is 10.2. The van der Waals surface area contributed by atoms with Crippen molar-refractivity contribution in [1.29, 1.82) is 0 Å². The second-order valence-corrected chi connectivity index (χ2v) is 2.73. The fraction of sp³-hybridized carbons (Fsp3) is 0.400. The number of benzene rings is 1. The predicted molar refractivity (Wildman–Crippen MR) is 48.6 cm³/mol. The zero-order valence-electron chi connectivity index (χ0n) is 7.31. The van der Waals surface area contributed by atoms with Gasteiger partial charge in [-0.1, -0.05) is 19.1 Å². The number of halogens is 1. The standard InChI is InChI=1S/C10H14FN/c1-2-12-8-7-9-3-5-10(11)6-4-9/h3-6,12H,2,7-8H2,1H3. The average molecular weight is 167 g/mol. The molecule has 0 heterocycles. The van der Waals surface area contributed by atoms with Gasteiger partial charge in [0.1, 0.15) is 5.82 Å². The van der Waals surface area contributed by atoms with Gasteiger partial charge in [0.05, 0.1) is 0 Å². The Morgan fingerprint density at radius 3 is 2.50 bits per heavy atom. The van der Waals surface area contributed by atoms with E-state index in [0.29, 0.717) is 0 Å². The Balaban J connectivity index is 2.37. The van der Waals surface area contributed by atoms with Crippen molar-refractivity contribution in [3.8, 4) is 0 Å². The molecule has 0 aromatic heterocycles. The first-order valence-electron chi connectivity index (χ1n) is 4.28. The van der Waals surface area contributed by atoms with Crippen molar-refractivity contribution in [2.45, 2.75) is 13.3 Å². The molecule has 0 unspecified atom stereocenters. The van der Waals surface area contributed by atoms with E-state index < -0.39 is 0 Å². The summed E-state index contributed by atoms with van der Waals surface area (Å²) in [6, 6.07) is 6.65. The quantitative estimate of drug-likeness (QED) is 0.676. The zero-order valence-corrected chi connectivity index (χ0v) is 7.31. The maximum atomic E-state index is 12.5. The minimum absolute atomic E-state index is 0.165. The Morgan fingerprint density at radius 2 is 1.92 bits per heavy atom. The summed E-state index contributed by atoms with van der Waals surface area (Å²) in [5, 5.41) is 3.22. The van der Waals surface area contributed by atoms with Gasteiger partial charge in [-0.3, -0.25) is 0 Å². The summed E-state index contributed by atoms with van der Waals surface area (Å²) < 4.78 is 12.5. The van der Waals surface area contributed by atoms with E-state index in [0.717, 1.165) is 19.5 Å². The SMILES string of the molecule is CCNCCc1ccc(F)cc1. The van der Waals surface area contributed by atoms with Crippen LogP contribution in [0.25, 0.3) is 0 Å². The maximum absolute atomic E-state index is 12.5. The van der Waals surface area contributed by atoms with E-state index >= 15 is 0 Å². The molecule has 0 fully saturated rings. The van der Waals surface area contributed by atoms with Gasteiger partial charge in [0.2, 0.25) is 0 Å². The van der Waals surface area contributed by atoms with E-state index in [-0.39, 0.29) is 5.82 Å². The molecule has 1 rings (SSSR count). The van der Waals surface area contributed by atoms with E-state index in [1.54, 1.807) is 0 Å². The number of hydrogen-bond donors (Lipinski definition) is 1. The Morgan fingerprint density at radius 1 is 1.25 bits per heavy atom. The molecule has 0 aliphatic heterocycles. The van der Waals surface area contributed by atoms with Crippen LogP contribution in [0.4, 0.5) is 4.39 Å². The van der Waals surface area contributed by atoms with Crippen LogP contribution in [0.3, 0.4) is 0 Å². The average Bonchev–Trinajstić information content (AvgIpc) is 2.09. The van der Waals surface area contributed by atoms with Crippen LogP contribution in [-0.4, -0.2) is 13.1 Å². The number of hydrogen-bond acceptors (Lipinski definition) is 1. The van der Waals surface area contributed by atoms with Crippen molar-refractivity contribution in [3.63, 3.8) is 0 Å². The lowest BCUT2D eigenvalue weighted by molar-refractivity contribution is 0.626. The molecule has 0 aliphatic rings. The number of rotatable bonds is 4. The molecule has 1 aromatic rings. The molecule has 12 heavy (non-hydrogen) atoms. The largest absolute Gasteiger partial charge is 0.317 e. The minimum Gasteiger partial charge on any atom is -0.317 e. The second-order valence-electron chi connectivity index (χ2n) is 2.73. The molecule has 0 bridgehead atoms. The lowest BCUT2D eigenvalue weighted by atomic mass is 10.1. The molecule has 0 amide bonds. The van der Waals surface area contributed by atoms with Gasteiger partial charge >= 0.3 is 0 Å². The van der Waals surface area contributed by atoms with Crippen molar-refractivity contribution >= 4 is 0 Å². The van der Waals surface area contributed by atoms with E-state index in [9.17, 15) is 4.39 Å². The third kappa shape index (κ3) is 3.01. The Kier molecular flexibility index (Phi) is 3.74. The van der Waals surface area contributed by atoms with Gasteiger partial charge in [0, 0.05) is 0 Å². The lowest BCUT2D eigenvalue weighted by Crippen LogP contribution is -2.15. The van der Waals surface area contributed by atoms with Crippen molar-refractivity contribution < 1.29 is 4.39 Å². The summed E-state index contributed by atoms with van der Waals surface area (Å²) in [5.74, 6) is -0.165. The summed E-state index contributed by atoms with van der Waals surface area (Å²) in [5.41, 5.74) is 1.18. The third-order valence-corrected chi connectivity index (χ3v) is 1.75. The molecule has 0 saturated carbocycles. The maximum Gasteiger partial charge on any atom is 0.123 e. The van der Waals surface area contributed by atoms with Gasteiger partial charge in [-0.25, -0.2) is 4.39 Å². The van der Waals surface area contributed by atoms with Crippen LogP contribution in [0.1, 0.15) is 12.5 Å².